The first-order valence-corrected chi connectivity index (χ1v) is 12.0. The van der Waals surface area contributed by atoms with Gasteiger partial charge in [-0.2, -0.15) is 11.8 Å². The molecule has 1 amide bonds. The van der Waals surface area contributed by atoms with Gasteiger partial charge in [-0.05, 0) is 48.1 Å². The van der Waals surface area contributed by atoms with Crippen LogP contribution in [0.3, 0.4) is 0 Å². The molecule has 0 spiro atoms. The molecule has 2 aromatic rings. The van der Waals surface area contributed by atoms with Crippen molar-refractivity contribution in [2.24, 2.45) is 0 Å². The lowest BCUT2D eigenvalue weighted by atomic mass is 10.2. The summed E-state index contributed by atoms with van der Waals surface area (Å²) in [6.45, 7) is 0.0899. The van der Waals surface area contributed by atoms with Crippen molar-refractivity contribution < 1.29 is 17.6 Å². The number of thioether (sulfide) groups is 1. The summed E-state index contributed by atoms with van der Waals surface area (Å²) in [5.41, 5.74) is 1.32. The minimum atomic E-state index is -3.67. The van der Waals surface area contributed by atoms with Gasteiger partial charge in [0, 0.05) is 17.3 Å². The molecule has 5 nitrogen and oxygen atoms in total. The highest BCUT2D eigenvalue weighted by molar-refractivity contribution is 7.98. The summed E-state index contributed by atoms with van der Waals surface area (Å²) in [6.07, 6.45) is 1.76. The summed E-state index contributed by atoms with van der Waals surface area (Å²) in [7, 11) is -3.67. The minimum absolute atomic E-state index is 0.245. The van der Waals surface area contributed by atoms with Crippen LogP contribution in [0.15, 0.2) is 48.5 Å². The molecule has 0 aliphatic heterocycles. The third kappa shape index (κ3) is 7.33. The molecule has 0 unspecified atom stereocenters. The average Bonchev–Trinajstić information content (AvgIpc) is 2.64. The highest BCUT2D eigenvalue weighted by Gasteiger charge is 2.20. The van der Waals surface area contributed by atoms with E-state index in [1.54, 1.807) is 11.8 Å². The molecule has 0 fully saturated rings. The third-order valence-electron chi connectivity index (χ3n) is 3.81. The van der Waals surface area contributed by atoms with E-state index in [2.05, 4.69) is 5.32 Å². The molecule has 152 valence electrons. The molecule has 0 aliphatic rings. The maximum absolute atomic E-state index is 13.1. The minimum Gasteiger partial charge on any atom is -0.354 e. The molecule has 28 heavy (non-hydrogen) atoms. The lowest BCUT2D eigenvalue weighted by molar-refractivity contribution is -0.119. The van der Waals surface area contributed by atoms with E-state index < -0.39 is 21.7 Å². The van der Waals surface area contributed by atoms with E-state index in [4.69, 9.17) is 11.6 Å². The van der Waals surface area contributed by atoms with Crippen LogP contribution < -0.4 is 9.62 Å². The van der Waals surface area contributed by atoms with Gasteiger partial charge in [-0.3, -0.25) is 9.10 Å². The summed E-state index contributed by atoms with van der Waals surface area (Å²) in [6, 6.07) is 12.6. The van der Waals surface area contributed by atoms with Gasteiger partial charge in [-0.1, -0.05) is 29.8 Å². The first kappa shape index (κ1) is 22.5. The molecule has 9 heteroatoms. The summed E-state index contributed by atoms with van der Waals surface area (Å²) in [4.78, 5) is 12.1. The Morgan fingerprint density at radius 1 is 1.18 bits per heavy atom. The predicted molar refractivity (Wildman–Crippen MR) is 114 cm³/mol. The van der Waals surface area contributed by atoms with Crippen LogP contribution in [0, 0.1) is 5.82 Å². The Kier molecular flexibility index (Phi) is 8.59. The van der Waals surface area contributed by atoms with Crippen LogP contribution in [-0.2, 0) is 20.6 Å². The van der Waals surface area contributed by atoms with Gasteiger partial charge in [-0.25, -0.2) is 12.8 Å². The molecular formula is C19H22ClFN2O3S2. The first-order chi connectivity index (χ1) is 13.3. The maximum atomic E-state index is 13.1. The van der Waals surface area contributed by atoms with E-state index in [-0.39, 0.29) is 12.2 Å². The highest BCUT2D eigenvalue weighted by atomic mass is 35.5. The average molecular weight is 445 g/mol. The number of sulfonamides is 1. The number of nitrogens with one attached hydrogen (secondary N) is 1. The van der Waals surface area contributed by atoms with Crippen LogP contribution in [0.25, 0.3) is 0 Å². The number of carbonyl (C=O) groups is 1. The van der Waals surface area contributed by atoms with Gasteiger partial charge < -0.3 is 5.32 Å². The molecule has 1 N–H and O–H groups in total. The van der Waals surface area contributed by atoms with E-state index in [0.717, 1.165) is 51.2 Å². The van der Waals surface area contributed by atoms with Gasteiger partial charge in [-0.15, -0.1) is 0 Å². The number of hydrogen-bond donors (Lipinski definition) is 1. The Bertz CT molecular complexity index is 892. The second-order valence-corrected chi connectivity index (χ2v) is 9.51. The summed E-state index contributed by atoms with van der Waals surface area (Å²) in [5, 5.41) is 3.46. The fourth-order valence-electron chi connectivity index (χ4n) is 2.39. The number of rotatable bonds is 10. The molecule has 0 saturated heterocycles. The lowest BCUT2D eigenvalue weighted by Gasteiger charge is -2.21. The first-order valence-electron chi connectivity index (χ1n) is 8.58. The summed E-state index contributed by atoms with van der Waals surface area (Å²) >= 11 is 7.82. The quantitative estimate of drug-likeness (QED) is 0.567. The number of nitrogens with zero attached hydrogens (tertiary/aromatic N) is 1. The van der Waals surface area contributed by atoms with Gasteiger partial charge in [0.25, 0.3) is 0 Å². The normalized spacial score (nSPS) is 11.2. The Morgan fingerprint density at radius 3 is 2.50 bits per heavy atom. The molecule has 0 saturated carbocycles. The zero-order valence-corrected chi connectivity index (χ0v) is 17.8. The highest BCUT2D eigenvalue weighted by Crippen LogP contribution is 2.21. The molecule has 0 heterocycles. The summed E-state index contributed by atoms with van der Waals surface area (Å²) < 4.78 is 37.9. The fourth-order valence-corrected chi connectivity index (χ4v) is 4.50. The lowest BCUT2D eigenvalue weighted by Crippen LogP contribution is -2.40. The molecular weight excluding hydrogens is 423 g/mol. The van der Waals surface area contributed by atoms with Crippen molar-refractivity contribution in [3.8, 4) is 0 Å². The molecule has 0 aromatic heterocycles. The van der Waals surface area contributed by atoms with Gasteiger partial charge in [0.05, 0.1) is 11.9 Å². The van der Waals surface area contributed by atoms with Crippen molar-refractivity contribution in [2.45, 2.75) is 12.2 Å². The molecule has 2 rings (SSSR count). The number of carbonyl (C=O) groups excluding carboxylic acids is 1. The molecule has 0 aliphatic carbocycles. The molecule has 0 radical (unpaired) electrons. The van der Waals surface area contributed by atoms with Crippen LogP contribution >= 0.6 is 23.4 Å². The van der Waals surface area contributed by atoms with Crippen LogP contribution in [0.1, 0.15) is 12.0 Å². The van der Waals surface area contributed by atoms with E-state index in [1.165, 1.54) is 12.1 Å². The zero-order valence-electron chi connectivity index (χ0n) is 15.4. The maximum Gasteiger partial charge on any atom is 0.240 e. The van der Waals surface area contributed by atoms with E-state index in [1.807, 2.05) is 24.3 Å². The SMILES string of the molecule is CS(=O)(=O)N(CC(=O)NCCCSCc1ccccc1Cl)c1ccc(F)cc1. The van der Waals surface area contributed by atoms with Crippen molar-refractivity contribution in [2.75, 3.05) is 29.4 Å². The van der Waals surface area contributed by atoms with E-state index >= 15 is 0 Å². The Hall–Kier alpha value is -1.77. The Labute approximate surface area is 174 Å². The Morgan fingerprint density at radius 2 is 1.86 bits per heavy atom. The predicted octanol–water partition coefficient (Wildman–Crippen LogP) is 3.68. The largest absolute Gasteiger partial charge is 0.354 e. The second-order valence-electron chi connectivity index (χ2n) is 6.09. The fraction of sp³-hybridized carbons (Fsp3) is 0.316. The smallest absolute Gasteiger partial charge is 0.240 e. The molecule has 2 aromatic carbocycles. The third-order valence-corrected chi connectivity index (χ3v) is 6.41. The van der Waals surface area contributed by atoms with Crippen molar-refractivity contribution >= 4 is 45.0 Å². The standard InChI is InChI=1S/C19H22ClFN2O3S2/c1-28(25,26)23(17-9-7-16(21)8-10-17)13-19(24)22-11-4-12-27-14-15-5-2-3-6-18(15)20/h2-3,5-10H,4,11-14H2,1H3,(H,22,24). The van der Waals surface area contributed by atoms with Crippen LogP contribution in [0.4, 0.5) is 10.1 Å². The topological polar surface area (TPSA) is 66.5 Å². The number of halogens is 2. The number of hydrogen-bond acceptors (Lipinski definition) is 4. The van der Waals surface area contributed by atoms with Gasteiger partial charge in [0.15, 0.2) is 0 Å². The number of anilines is 1. The van der Waals surface area contributed by atoms with E-state index in [0.29, 0.717) is 6.54 Å². The number of benzene rings is 2. The van der Waals surface area contributed by atoms with Crippen LogP contribution in [0.5, 0.6) is 0 Å². The molecule has 0 atom stereocenters. The summed E-state index contributed by atoms with van der Waals surface area (Å²) in [5.74, 6) is 0.737. The van der Waals surface area contributed by atoms with Crippen LogP contribution in [0.2, 0.25) is 5.02 Å². The van der Waals surface area contributed by atoms with Crippen molar-refractivity contribution in [1.82, 2.24) is 5.32 Å². The van der Waals surface area contributed by atoms with Gasteiger partial charge in [0.2, 0.25) is 15.9 Å². The van der Waals surface area contributed by atoms with Gasteiger partial charge >= 0.3 is 0 Å². The molecule has 0 bridgehead atoms. The van der Waals surface area contributed by atoms with Crippen LogP contribution in [-0.4, -0.2) is 39.4 Å². The monoisotopic (exact) mass is 444 g/mol. The number of amides is 1. The zero-order chi connectivity index (χ0) is 20.6. The second kappa shape index (κ2) is 10.7. The van der Waals surface area contributed by atoms with Crippen molar-refractivity contribution in [3.63, 3.8) is 0 Å². The van der Waals surface area contributed by atoms with Gasteiger partial charge in [0.1, 0.15) is 12.4 Å². The Balaban J connectivity index is 1.75. The van der Waals surface area contributed by atoms with Crippen molar-refractivity contribution in [1.29, 1.82) is 0 Å². The van der Waals surface area contributed by atoms with Crippen molar-refractivity contribution in [3.05, 3.63) is 64.9 Å². The van der Waals surface area contributed by atoms with E-state index in [9.17, 15) is 17.6 Å².